The van der Waals surface area contributed by atoms with Crippen LogP contribution in [-0.4, -0.2) is 69.8 Å². The van der Waals surface area contributed by atoms with Crippen LogP contribution in [0.2, 0.25) is 0 Å². The van der Waals surface area contributed by atoms with Crippen molar-refractivity contribution in [2.75, 3.05) is 6.61 Å². The summed E-state index contributed by atoms with van der Waals surface area (Å²) >= 11 is 0. The SMILES string of the molecule is CC(C)CCCCCCCCCCCCCCCOC(=O)C(C)(O)C(=O)C(C)O.[Na]. The number of aliphatic hydroxyl groups excluding tert-OH is 1. The van der Waals surface area contributed by atoms with Crippen molar-refractivity contribution in [2.45, 2.75) is 129 Å². The normalized spacial score (nSPS) is 14.1. The number of hydrogen-bond acceptors (Lipinski definition) is 5. The molecular formula is C24H46NaO5. The van der Waals surface area contributed by atoms with Crippen LogP contribution < -0.4 is 0 Å². The molecule has 0 aromatic heterocycles. The molecule has 30 heavy (non-hydrogen) atoms. The minimum atomic E-state index is -2.28. The van der Waals surface area contributed by atoms with E-state index in [2.05, 4.69) is 13.8 Å². The van der Waals surface area contributed by atoms with Crippen LogP contribution in [0.4, 0.5) is 0 Å². The molecule has 0 spiro atoms. The average Bonchev–Trinajstić information content (AvgIpc) is 2.66. The van der Waals surface area contributed by atoms with E-state index < -0.39 is 23.5 Å². The quantitative estimate of drug-likeness (QED) is 0.129. The summed E-state index contributed by atoms with van der Waals surface area (Å²) in [7, 11) is 0. The van der Waals surface area contributed by atoms with Crippen molar-refractivity contribution in [1.29, 1.82) is 0 Å². The van der Waals surface area contributed by atoms with E-state index in [0.29, 0.717) is 0 Å². The third-order valence-electron chi connectivity index (χ3n) is 5.42. The second-order valence-corrected chi connectivity index (χ2v) is 9.03. The molecule has 0 saturated carbocycles. The molecule has 0 fully saturated rings. The van der Waals surface area contributed by atoms with Crippen molar-refractivity contribution in [3.63, 3.8) is 0 Å². The van der Waals surface area contributed by atoms with E-state index in [1.165, 1.54) is 77.6 Å². The Morgan fingerprint density at radius 2 is 1.13 bits per heavy atom. The van der Waals surface area contributed by atoms with Crippen molar-refractivity contribution >= 4 is 41.3 Å². The molecule has 0 aliphatic rings. The van der Waals surface area contributed by atoms with Crippen LogP contribution in [0.3, 0.4) is 0 Å². The molecule has 0 rings (SSSR count). The molecule has 2 atom stereocenters. The van der Waals surface area contributed by atoms with Gasteiger partial charge in [-0.25, -0.2) is 4.79 Å². The first-order chi connectivity index (χ1) is 13.7. The topological polar surface area (TPSA) is 83.8 Å². The minimum absolute atomic E-state index is 0. The fraction of sp³-hybridized carbons (Fsp3) is 0.917. The van der Waals surface area contributed by atoms with E-state index in [9.17, 15) is 19.8 Å². The second-order valence-electron chi connectivity index (χ2n) is 9.03. The van der Waals surface area contributed by atoms with E-state index in [1.54, 1.807) is 0 Å². The summed E-state index contributed by atoms with van der Waals surface area (Å²) in [4.78, 5) is 23.4. The first-order valence-electron chi connectivity index (χ1n) is 11.8. The molecule has 2 N–H and O–H groups in total. The Balaban J connectivity index is 0. The van der Waals surface area contributed by atoms with Gasteiger partial charge < -0.3 is 14.9 Å². The molecule has 0 aromatic rings. The summed E-state index contributed by atoms with van der Waals surface area (Å²) in [5.41, 5.74) is -2.28. The van der Waals surface area contributed by atoms with E-state index in [-0.39, 0.29) is 36.2 Å². The Bertz CT molecular complexity index is 435. The standard InChI is InChI=1S/C24H46O5.Na/c1-20(2)18-16-14-12-10-8-6-5-7-9-11-13-15-17-19-29-23(27)24(4,28)22(26)21(3)25;/h20-21,25,28H,5-19H2,1-4H3;. The summed E-state index contributed by atoms with van der Waals surface area (Å²) in [5.74, 6) is -1.08. The van der Waals surface area contributed by atoms with Crippen molar-refractivity contribution in [3.8, 4) is 0 Å². The van der Waals surface area contributed by atoms with Gasteiger partial charge in [-0.2, -0.15) is 0 Å². The van der Waals surface area contributed by atoms with Crippen molar-refractivity contribution in [1.82, 2.24) is 0 Å². The first kappa shape index (κ1) is 32.2. The van der Waals surface area contributed by atoms with Crippen LogP contribution in [0.15, 0.2) is 0 Å². The van der Waals surface area contributed by atoms with Crippen molar-refractivity contribution < 1.29 is 24.5 Å². The molecule has 2 unspecified atom stereocenters. The molecule has 0 saturated heterocycles. The van der Waals surface area contributed by atoms with Crippen LogP contribution in [0.1, 0.15) is 118 Å². The number of ether oxygens (including phenoxy) is 1. The average molecular weight is 438 g/mol. The monoisotopic (exact) mass is 437 g/mol. The Morgan fingerprint density at radius 3 is 1.50 bits per heavy atom. The molecule has 0 aliphatic carbocycles. The van der Waals surface area contributed by atoms with Gasteiger partial charge in [0.25, 0.3) is 0 Å². The number of aliphatic hydroxyl groups is 2. The molecule has 0 heterocycles. The zero-order chi connectivity index (χ0) is 22.1. The van der Waals surface area contributed by atoms with Gasteiger partial charge in [0.15, 0.2) is 0 Å². The Hall–Kier alpha value is 0.0600. The summed E-state index contributed by atoms with van der Waals surface area (Å²) in [6, 6.07) is 0. The van der Waals surface area contributed by atoms with Gasteiger partial charge in [0.05, 0.1) is 6.61 Å². The maximum absolute atomic E-state index is 11.8. The molecule has 0 bridgehead atoms. The van der Waals surface area contributed by atoms with E-state index in [0.717, 1.165) is 32.1 Å². The number of ketones is 1. The summed E-state index contributed by atoms with van der Waals surface area (Å²) in [6.07, 6.45) is 16.1. The van der Waals surface area contributed by atoms with Crippen molar-refractivity contribution in [2.24, 2.45) is 5.92 Å². The molecular weight excluding hydrogens is 391 g/mol. The Kier molecular flexibility index (Phi) is 21.2. The summed E-state index contributed by atoms with van der Waals surface area (Å²) in [6.45, 7) is 7.07. The fourth-order valence-corrected chi connectivity index (χ4v) is 3.41. The smallest absolute Gasteiger partial charge is 0.345 e. The third-order valence-corrected chi connectivity index (χ3v) is 5.42. The minimum Gasteiger partial charge on any atom is -0.463 e. The van der Waals surface area contributed by atoms with Gasteiger partial charge in [-0.3, -0.25) is 4.79 Å². The Morgan fingerprint density at radius 1 is 0.767 bits per heavy atom. The molecule has 1 radical (unpaired) electrons. The van der Waals surface area contributed by atoms with Gasteiger partial charge in [-0.05, 0) is 26.2 Å². The predicted octanol–water partition coefficient (Wildman–Crippen LogP) is 4.97. The molecule has 6 heteroatoms. The van der Waals surface area contributed by atoms with E-state index in [1.807, 2.05) is 0 Å². The van der Waals surface area contributed by atoms with Gasteiger partial charge >= 0.3 is 5.97 Å². The molecule has 0 amide bonds. The molecule has 5 nitrogen and oxygen atoms in total. The van der Waals surface area contributed by atoms with E-state index in [4.69, 9.17) is 4.74 Å². The van der Waals surface area contributed by atoms with Gasteiger partial charge in [-0.1, -0.05) is 97.3 Å². The summed E-state index contributed by atoms with van der Waals surface area (Å²) < 4.78 is 4.98. The van der Waals surface area contributed by atoms with Gasteiger partial charge in [0.2, 0.25) is 11.4 Å². The number of carbonyl (C=O) groups excluding carboxylic acids is 2. The van der Waals surface area contributed by atoms with Crippen LogP contribution in [0.25, 0.3) is 0 Å². The van der Waals surface area contributed by atoms with Crippen LogP contribution in [0, 0.1) is 5.92 Å². The number of unbranched alkanes of at least 4 members (excludes halogenated alkanes) is 12. The van der Waals surface area contributed by atoms with Crippen LogP contribution in [0.5, 0.6) is 0 Å². The van der Waals surface area contributed by atoms with Gasteiger partial charge in [0.1, 0.15) is 6.10 Å². The van der Waals surface area contributed by atoms with Crippen LogP contribution >= 0.6 is 0 Å². The third kappa shape index (κ3) is 16.7. The maximum atomic E-state index is 11.8. The number of rotatable bonds is 19. The predicted molar refractivity (Wildman–Crippen MR) is 124 cm³/mol. The van der Waals surface area contributed by atoms with Gasteiger partial charge in [0, 0.05) is 29.6 Å². The number of Topliss-reactive ketones (excluding diaryl/α,β-unsaturated/α-hetero) is 1. The molecule has 0 aliphatic heterocycles. The maximum Gasteiger partial charge on any atom is 0.345 e. The zero-order valence-corrected chi connectivity index (χ0v) is 22.4. The van der Waals surface area contributed by atoms with Crippen molar-refractivity contribution in [3.05, 3.63) is 0 Å². The zero-order valence-electron chi connectivity index (χ0n) is 20.4. The van der Waals surface area contributed by atoms with Crippen LogP contribution in [-0.2, 0) is 14.3 Å². The number of esters is 1. The first-order valence-corrected chi connectivity index (χ1v) is 11.8. The largest absolute Gasteiger partial charge is 0.463 e. The number of carbonyl (C=O) groups is 2. The fourth-order valence-electron chi connectivity index (χ4n) is 3.41. The Labute approximate surface area is 207 Å². The molecule has 0 aromatic carbocycles. The summed E-state index contributed by atoms with van der Waals surface area (Å²) in [5, 5.41) is 19.1. The number of hydrogen-bond donors (Lipinski definition) is 2. The molecule has 173 valence electrons. The van der Waals surface area contributed by atoms with Gasteiger partial charge in [-0.15, -0.1) is 0 Å². The second kappa shape index (κ2) is 19.7. The van der Waals surface area contributed by atoms with E-state index >= 15 is 0 Å².